The predicted molar refractivity (Wildman–Crippen MR) is 53.3 cm³/mol. The molecule has 0 amide bonds. The van der Waals surface area contributed by atoms with E-state index in [4.69, 9.17) is 0 Å². The minimum Gasteiger partial charge on any atom is -0.269 e. The molecule has 0 aliphatic rings. The zero-order valence-corrected chi connectivity index (χ0v) is 8.17. The lowest BCUT2D eigenvalue weighted by Crippen LogP contribution is -2.12. The first-order valence-electron chi connectivity index (χ1n) is 4.27. The molecule has 0 saturated heterocycles. The molecule has 0 radical (unpaired) electrons. The van der Waals surface area contributed by atoms with Crippen molar-refractivity contribution in [1.82, 2.24) is 9.38 Å². The first-order chi connectivity index (χ1) is 6.31. The number of hydrogen-bond acceptors (Lipinski definition) is 3. The molecule has 0 fully saturated rings. The number of fused-ring (bicyclic) bond motifs is 1. The van der Waals surface area contributed by atoms with Gasteiger partial charge in [-0.25, -0.2) is 4.98 Å². The molecule has 2 aromatic heterocycles. The van der Waals surface area contributed by atoms with Crippen LogP contribution in [0.2, 0.25) is 0 Å². The van der Waals surface area contributed by atoms with Crippen LogP contribution in [0, 0.1) is 0 Å². The van der Waals surface area contributed by atoms with Gasteiger partial charge in [-0.1, -0.05) is 13.3 Å². The van der Waals surface area contributed by atoms with Crippen LogP contribution in [0.4, 0.5) is 0 Å². The molecule has 0 aliphatic heterocycles. The van der Waals surface area contributed by atoms with Crippen LogP contribution in [0.1, 0.15) is 19.0 Å². The number of rotatable bonds is 2. The van der Waals surface area contributed by atoms with Crippen molar-refractivity contribution in [3.05, 3.63) is 33.7 Å². The van der Waals surface area contributed by atoms with Gasteiger partial charge in [-0.3, -0.25) is 9.20 Å². The van der Waals surface area contributed by atoms with Gasteiger partial charge in [0.2, 0.25) is 0 Å². The number of thiazole rings is 1. The second-order valence-electron chi connectivity index (χ2n) is 2.89. The third-order valence-electron chi connectivity index (χ3n) is 1.86. The largest absolute Gasteiger partial charge is 0.269 e. The summed E-state index contributed by atoms with van der Waals surface area (Å²) in [6, 6.07) is 1.61. The zero-order chi connectivity index (χ0) is 9.26. The van der Waals surface area contributed by atoms with E-state index in [0.29, 0.717) is 0 Å². The van der Waals surface area contributed by atoms with Crippen LogP contribution in [0.3, 0.4) is 0 Å². The van der Waals surface area contributed by atoms with Gasteiger partial charge in [-0.15, -0.1) is 11.3 Å². The number of hydrogen-bond donors (Lipinski definition) is 0. The van der Waals surface area contributed by atoms with Crippen LogP contribution in [0.25, 0.3) is 4.96 Å². The third-order valence-corrected chi connectivity index (χ3v) is 2.62. The van der Waals surface area contributed by atoms with Crippen molar-refractivity contribution in [2.24, 2.45) is 0 Å². The Hall–Kier alpha value is -1.16. The summed E-state index contributed by atoms with van der Waals surface area (Å²) in [6.45, 7) is 2.08. The normalized spacial score (nSPS) is 10.8. The van der Waals surface area contributed by atoms with Crippen molar-refractivity contribution in [2.75, 3.05) is 0 Å². The second kappa shape index (κ2) is 3.30. The van der Waals surface area contributed by atoms with Crippen molar-refractivity contribution in [3.8, 4) is 0 Å². The van der Waals surface area contributed by atoms with Crippen LogP contribution in [0.15, 0.2) is 22.4 Å². The maximum absolute atomic E-state index is 11.5. The molecule has 2 rings (SSSR count). The lowest BCUT2D eigenvalue weighted by molar-refractivity contribution is 0.872. The quantitative estimate of drug-likeness (QED) is 0.729. The zero-order valence-electron chi connectivity index (χ0n) is 7.36. The number of aromatic nitrogens is 2. The molecule has 2 aromatic rings. The smallest absolute Gasteiger partial charge is 0.258 e. The maximum atomic E-state index is 11.5. The SMILES string of the molecule is CCCc1cc(=O)n2ccsc2n1. The summed E-state index contributed by atoms with van der Waals surface area (Å²) in [6.07, 6.45) is 3.66. The molecular weight excluding hydrogens is 184 g/mol. The minimum absolute atomic E-state index is 0.0229. The number of aryl methyl sites for hydroxylation is 1. The van der Waals surface area contributed by atoms with Crippen molar-refractivity contribution >= 4 is 16.3 Å². The van der Waals surface area contributed by atoms with Gasteiger partial charge in [0, 0.05) is 23.3 Å². The summed E-state index contributed by atoms with van der Waals surface area (Å²) < 4.78 is 1.57. The van der Waals surface area contributed by atoms with E-state index in [1.807, 2.05) is 5.38 Å². The van der Waals surface area contributed by atoms with Gasteiger partial charge in [-0.05, 0) is 6.42 Å². The van der Waals surface area contributed by atoms with Gasteiger partial charge >= 0.3 is 0 Å². The summed E-state index contributed by atoms with van der Waals surface area (Å²) >= 11 is 1.49. The molecule has 3 nitrogen and oxygen atoms in total. The molecule has 0 N–H and O–H groups in total. The van der Waals surface area contributed by atoms with Crippen LogP contribution in [0.5, 0.6) is 0 Å². The second-order valence-corrected chi connectivity index (χ2v) is 3.76. The Morgan fingerprint density at radius 1 is 1.62 bits per heavy atom. The highest BCUT2D eigenvalue weighted by atomic mass is 32.1. The van der Waals surface area contributed by atoms with Gasteiger partial charge in [-0.2, -0.15) is 0 Å². The first-order valence-corrected chi connectivity index (χ1v) is 5.15. The van der Waals surface area contributed by atoms with Crippen LogP contribution < -0.4 is 5.56 Å². The molecule has 0 bridgehead atoms. The maximum Gasteiger partial charge on any atom is 0.258 e. The van der Waals surface area contributed by atoms with Crippen molar-refractivity contribution in [3.63, 3.8) is 0 Å². The van der Waals surface area contributed by atoms with Gasteiger partial charge in [0.15, 0.2) is 4.96 Å². The highest BCUT2D eigenvalue weighted by Crippen LogP contribution is 2.07. The van der Waals surface area contributed by atoms with Crippen LogP contribution in [-0.2, 0) is 6.42 Å². The van der Waals surface area contributed by atoms with E-state index in [-0.39, 0.29) is 5.56 Å². The van der Waals surface area contributed by atoms with E-state index >= 15 is 0 Å². The van der Waals surface area contributed by atoms with Crippen LogP contribution >= 0.6 is 11.3 Å². The Morgan fingerprint density at radius 2 is 2.46 bits per heavy atom. The highest BCUT2D eigenvalue weighted by molar-refractivity contribution is 7.15. The third kappa shape index (κ3) is 1.49. The summed E-state index contributed by atoms with van der Waals surface area (Å²) in [5.74, 6) is 0. The van der Waals surface area contributed by atoms with E-state index in [2.05, 4.69) is 11.9 Å². The molecule has 0 spiro atoms. The van der Waals surface area contributed by atoms with Gasteiger partial charge < -0.3 is 0 Å². The topological polar surface area (TPSA) is 34.4 Å². The lowest BCUT2D eigenvalue weighted by Gasteiger charge is -1.96. The molecule has 0 saturated carbocycles. The fraction of sp³-hybridized carbons (Fsp3) is 0.333. The van der Waals surface area contributed by atoms with Crippen molar-refractivity contribution in [1.29, 1.82) is 0 Å². The molecule has 0 aliphatic carbocycles. The molecular formula is C9H10N2OS. The Labute approximate surface area is 79.7 Å². The molecule has 4 heteroatoms. The standard InChI is InChI=1S/C9H10N2OS/c1-2-3-7-6-8(12)11-4-5-13-9(11)10-7/h4-6H,2-3H2,1H3. The van der Waals surface area contributed by atoms with Crippen molar-refractivity contribution in [2.45, 2.75) is 19.8 Å². The average molecular weight is 194 g/mol. The fourth-order valence-corrected chi connectivity index (χ4v) is 2.01. The van der Waals surface area contributed by atoms with E-state index in [1.54, 1.807) is 16.7 Å². The minimum atomic E-state index is 0.0229. The Kier molecular flexibility index (Phi) is 2.14. The van der Waals surface area contributed by atoms with E-state index < -0.39 is 0 Å². The Bertz CT molecular complexity index is 472. The number of nitrogens with zero attached hydrogens (tertiary/aromatic N) is 2. The van der Waals surface area contributed by atoms with Crippen LogP contribution in [-0.4, -0.2) is 9.38 Å². The molecule has 68 valence electrons. The molecule has 13 heavy (non-hydrogen) atoms. The lowest BCUT2D eigenvalue weighted by atomic mass is 10.2. The van der Waals surface area contributed by atoms with Gasteiger partial charge in [0.25, 0.3) is 5.56 Å². The van der Waals surface area contributed by atoms with E-state index in [9.17, 15) is 4.79 Å². The summed E-state index contributed by atoms with van der Waals surface area (Å²) in [5.41, 5.74) is 0.921. The average Bonchev–Trinajstić information content (AvgIpc) is 2.53. The molecule has 2 heterocycles. The summed E-state index contributed by atoms with van der Waals surface area (Å²) in [5, 5.41) is 1.87. The van der Waals surface area contributed by atoms with Crippen molar-refractivity contribution < 1.29 is 0 Å². The van der Waals surface area contributed by atoms with E-state index in [1.165, 1.54) is 11.3 Å². The predicted octanol–water partition coefficient (Wildman–Crippen LogP) is 1.71. The molecule has 0 unspecified atom stereocenters. The van der Waals surface area contributed by atoms with Gasteiger partial charge in [0.05, 0.1) is 0 Å². The Balaban J connectivity index is 2.63. The highest BCUT2D eigenvalue weighted by Gasteiger charge is 2.01. The molecule has 0 aromatic carbocycles. The Morgan fingerprint density at radius 3 is 3.23 bits per heavy atom. The monoisotopic (exact) mass is 194 g/mol. The molecule has 0 atom stereocenters. The summed E-state index contributed by atoms with van der Waals surface area (Å²) in [7, 11) is 0. The fourth-order valence-electron chi connectivity index (χ4n) is 1.27. The van der Waals surface area contributed by atoms with E-state index in [0.717, 1.165) is 23.5 Å². The first kappa shape index (κ1) is 8.44. The summed E-state index contributed by atoms with van der Waals surface area (Å²) in [4.78, 5) is 16.6. The van der Waals surface area contributed by atoms with Gasteiger partial charge in [0.1, 0.15) is 0 Å².